The number of nitrogens with two attached hydrogens (primary N) is 1. The number of aliphatic hydroxyl groups excluding tert-OH is 1. The molecule has 1 unspecified atom stereocenters. The highest BCUT2D eigenvalue weighted by molar-refractivity contribution is 6.32. The molecule has 4 N–H and O–H groups in total. The van der Waals surface area contributed by atoms with E-state index in [0.717, 1.165) is 6.20 Å². The summed E-state index contributed by atoms with van der Waals surface area (Å²) in [7, 11) is 0. The second kappa shape index (κ2) is 5.55. The minimum absolute atomic E-state index is 0.155. The van der Waals surface area contributed by atoms with E-state index < -0.39 is 35.6 Å². The third kappa shape index (κ3) is 2.34. The molecule has 0 aliphatic carbocycles. The van der Waals surface area contributed by atoms with E-state index in [1.807, 2.05) is 5.38 Å². The van der Waals surface area contributed by atoms with Crippen LogP contribution in [0.5, 0.6) is 0 Å². The third-order valence-electron chi connectivity index (χ3n) is 2.68. The summed E-state index contributed by atoms with van der Waals surface area (Å²) < 4.78 is 20.3. The summed E-state index contributed by atoms with van der Waals surface area (Å²) in [5.41, 5.74) is 4.36. The Morgan fingerprint density at radius 1 is 1.75 bits per heavy atom. The molecule has 1 aliphatic rings. The van der Waals surface area contributed by atoms with Crippen molar-refractivity contribution >= 4 is 29.0 Å². The number of aromatic nitrogens is 3. The number of rotatable bonds is 2. The maximum absolute atomic E-state index is 11.8. The van der Waals surface area contributed by atoms with Gasteiger partial charge in [0.2, 0.25) is 0 Å². The van der Waals surface area contributed by atoms with Gasteiger partial charge in [-0.05, 0) is 11.6 Å². The molecule has 1 saturated heterocycles. The highest BCUT2D eigenvalue weighted by Gasteiger charge is 2.56. The van der Waals surface area contributed by atoms with Gasteiger partial charge in [0, 0.05) is 5.38 Å². The Labute approximate surface area is 125 Å². The summed E-state index contributed by atoms with van der Waals surface area (Å²) in [6, 6.07) is 0. The van der Waals surface area contributed by atoms with E-state index in [0.29, 0.717) is 4.68 Å². The van der Waals surface area contributed by atoms with Crippen molar-refractivity contribution in [3.05, 3.63) is 16.7 Å². The lowest BCUT2D eigenvalue weighted by atomic mass is 10.00. The van der Waals surface area contributed by atoms with Crippen LogP contribution in [0.2, 0.25) is 0 Å². The van der Waals surface area contributed by atoms with Crippen molar-refractivity contribution < 1.29 is 17.7 Å². The van der Waals surface area contributed by atoms with Crippen molar-refractivity contribution in [2.24, 2.45) is 0 Å². The topological polar surface area (TPSA) is 123 Å². The molecule has 2 rings (SSSR count). The number of hydrogen-bond acceptors (Lipinski definition) is 7. The molecule has 20 heavy (non-hydrogen) atoms. The largest absolute Gasteiger partial charge is 0.394 e. The summed E-state index contributed by atoms with van der Waals surface area (Å²) in [4.78, 5) is 13.2. The van der Waals surface area contributed by atoms with Crippen LogP contribution in [0.25, 0.3) is 0 Å². The number of aliphatic hydroxyl groups is 2. The Morgan fingerprint density at radius 3 is 3.00 bits per heavy atom. The van der Waals surface area contributed by atoms with Crippen LogP contribution in [0.15, 0.2) is 11.0 Å². The van der Waals surface area contributed by atoms with Gasteiger partial charge in [0.05, 0.1) is 15.5 Å². The first kappa shape index (κ1) is 12.4. The molecular formula is C10H10Cl2N4O4. The molecule has 0 saturated carbocycles. The van der Waals surface area contributed by atoms with Gasteiger partial charge in [0.15, 0.2) is 11.1 Å². The molecule has 108 valence electrons. The van der Waals surface area contributed by atoms with Crippen LogP contribution in [0.1, 0.15) is 8.97 Å². The average molecular weight is 323 g/mol. The molecule has 2 heterocycles. The molecule has 1 aromatic heterocycles. The van der Waals surface area contributed by atoms with Crippen molar-refractivity contribution in [1.82, 2.24) is 14.8 Å². The second-order valence-corrected chi connectivity index (χ2v) is 4.69. The first-order valence-electron chi connectivity index (χ1n) is 6.20. The standard InChI is InChI=1S/C10H10Cl2N4O4/c11-2-1-10(12)7(18)5(4-17)20-8(10)16-9(19)15-6(13)3-14-16/h3,5,7-8,17-18H,4H2,(H2,13,15,19)/t5-,7+,8-,10?/m1/s1/i4D2. The molecule has 8 nitrogen and oxygen atoms in total. The van der Waals surface area contributed by atoms with Gasteiger partial charge >= 0.3 is 5.69 Å². The van der Waals surface area contributed by atoms with E-state index in [2.05, 4.69) is 16.0 Å². The maximum Gasteiger partial charge on any atom is 0.368 e. The first-order valence-corrected chi connectivity index (χ1v) is 5.96. The summed E-state index contributed by atoms with van der Waals surface area (Å²) in [5.74, 6) is 2.08. The minimum Gasteiger partial charge on any atom is -0.394 e. The summed E-state index contributed by atoms with van der Waals surface area (Å²) >= 11 is 11.5. The lowest BCUT2D eigenvalue weighted by Gasteiger charge is -2.24. The molecule has 10 heteroatoms. The molecule has 4 atom stereocenters. The quantitative estimate of drug-likeness (QED) is 0.454. The fourth-order valence-corrected chi connectivity index (χ4v) is 2.26. The van der Waals surface area contributed by atoms with Crippen molar-refractivity contribution in [2.45, 2.75) is 23.3 Å². The Bertz CT molecular complexity index is 701. The maximum atomic E-state index is 11.8. The van der Waals surface area contributed by atoms with Crippen molar-refractivity contribution in [2.75, 3.05) is 12.3 Å². The van der Waals surface area contributed by atoms with Crippen LogP contribution >= 0.6 is 23.2 Å². The first-order chi connectivity index (χ1) is 10.1. The lowest BCUT2D eigenvalue weighted by Crippen LogP contribution is -2.44. The second-order valence-electron chi connectivity index (χ2n) is 3.88. The number of nitrogen functional groups attached to an aromatic ring is 1. The molecule has 1 aliphatic heterocycles. The Hall–Kier alpha value is -1.37. The monoisotopic (exact) mass is 322 g/mol. The summed E-state index contributed by atoms with van der Waals surface area (Å²) in [5, 5.41) is 25.2. The van der Waals surface area contributed by atoms with Gasteiger partial charge in [-0.3, -0.25) is 0 Å². The van der Waals surface area contributed by atoms with Crippen LogP contribution in [0.4, 0.5) is 5.82 Å². The minimum atomic E-state index is -2.95. The summed E-state index contributed by atoms with van der Waals surface area (Å²) in [6.45, 7) is -2.95. The molecule has 0 spiro atoms. The van der Waals surface area contributed by atoms with Crippen LogP contribution in [0.3, 0.4) is 0 Å². The normalized spacial score (nSPS) is 34.9. The van der Waals surface area contributed by atoms with E-state index in [-0.39, 0.29) is 5.82 Å². The average Bonchev–Trinajstić information content (AvgIpc) is 2.63. The third-order valence-corrected chi connectivity index (χ3v) is 3.27. The van der Waals surface area contributed by atoms with E-state index in [9.17, 15) is 15.0 Å². The van der Waals surface area contributed by atoms with E-state index in [4.69, 9.17) is 36.4 Å². The number of halogens is 2. The Kier molecular flexibility index (Phi) is 3.44. The van der Waals surface area contributed by atoms with Crippen LogP contribution < -0.4 is 11.4 Å². The van der Waals surface area contributed by atoms with Crippen LogP contribution in [-0.4, -0.2) is 48.6 Å². The van der Waals surface area contributed by atoms with Gasteiger partial charge in [-0.2, -0.15) is 14.8 Å². The molecule has 1 fully saturated rings. The number of nitrogens with zero attached hydrogens (tertiary/aromatic N) is 3. The Morgan fingerprint density at radius 2 is 2.45 bits per heavy atom. The van der Waals surface area contributed by atoms with Gasteiger partial charge in [-0.15, -0.1) is 0 Å². The molecule has 0 aromatic carbocycles. The molecular weight excluding hydrogens is 311 g/mol. The molecule has 0 radical (unpaired) electrons. The lowest BCUT2D eigenvalue weighted by molar-refractivity contribution is -0.0512. The molecule has 0 bridgehead atoms. The molecule has 1 aromatic rings. The van der Waals surface area contributed by atoms with Crippen molar-refractivity contribution in [1.29, 1.82) is 0 Å². The van der Waals surface area contributed by atoms with E-state index in [1.54, 1.807) is 0 Å². The molecule has 0 amide bonds. The number of alkyl halides is 1. The highest BCUT2D eigenvalue weighted by atomic mass is 35.5. The van der Waals surface area contributed by atoms with Gasteiger partial charge in [-0.25, -0.2) is 4.79 Å². The fraction of sp³-hybridized carbons (Fsp3) is 0.500. The smallest absolute Gasteiger partial charge is 0.368 e. The number of hydrogen-bond donors (Lipinski definition) is 3. The highest BCUT2D eigenvalue weighted by Crippen LogP contribution is 2.42. The SMILES string of the molecule is [2H]C([2H])(O)[C@H]1O[C@@H](n2ncc(N)nc2=O)C(Cl)(C#CCl)[C@H]1O. The van der Waals surface area contributed by atoms with Gasteiger partial charge in [-0.1, -0.05) is 17.5 Å². The zero-order chi connectivity index (χ0) is 16.7. The van der Waals surface area contributed by atoms with Crippen molar-refractivity contribution in [3.63, 3.8) is 0 Å². The van der Waals surface area contributed by atoms with E-state index >= 15 is 0 Å². The zero-order valence-corrected chi connectivity index (χ0v) is 11.2. The fourth-order valence-electron chi connectivity index (χ4n) is 1.75. The zero-order valence-electron chi connectivity index (χ0n) is 11.7. The predicted molar refractivity (Wildman–Crippen MR) is 69.9 cm³/mol. The van der Waals surface area contributed by atoms with E-state index in [1.165, 1.54) is 0 Å². The predicted octanol–water partition coefficient (Wildman–Crippen LogP) is -1.35. The number of anilines is 1. The van der Waals surface area contributed by atoms with Crippen molar-refractivity contribution in [3.8, 4) is 11.3 Å². The van der Waals surface area contributed by atoms with Crippen LogP contribution in [-0.2, 0) is 4.74 Å². The number of ether oxygens (including phenoxy) is 1. The van der Waals surface area contributed by atoms with Gasteiger partial charge < -0.3 is 20.7 Å². The Balaban J connectivity index is 2.57. The summed E-state index contributed by atoms with van der Waals surface area (Å²) in [6.07, 6.45) is -4.12. The van der Waals surface area contributed by atoms with Gasteiger partial charge in [0.1, 0.15) is 18.0 Å². The van der Waals surface area contributed by atoms with Gasteiger partial charge in [0.25, 0.3) is 0 Å². The van der Waals surface area contributed by atoms with Crippen LogP contribution in [0, 0.1) is 11.3 Å².